The van der Waals surface area contributed by atoms with Crippen LogP contribution >= 0.6 is 0 Å². The lowest BCUT2D eigenvalue weighted by Crippen LogP contribution is -2.30. The van der Waals surface area contributed by atoms with Crippen molar-refractivity contribution in [2.45, 2.75) is 362 Å². The molecule has 0 fully saturated rings. The maximum atomic E-state index is 12.9. The van der Waals surface area contributed by atoms with E-state index in [0.29, 0.717) is 19.3 Å². The molecule has 0 aromatic carbocycles. The number of rotatable bonds is 57. The number of ether oxygens (including phenoxy) is 3. The van der Waals surface area contributed by atoms with Gasteiger partial charge in [0.1, 0.15) is 13.2 Å². The highest BCUT2D eigenvalue weighted by Gasteiger charge is 2.19. The monoisotopic (exact) mass is 975 g/mol. The standard InChI is InChI=1S/C63H122O6/c1-6-8-9-10-11-12-13-14-15-18-23-26-29-34-40-45-50-55-63(66)69-60(57-68-62(65)54-49-44-39-35-30-31-36-41-46-51-58(3)4)56-67-61(64)53-48-43-38-33-28-25-22-20-17-16-19-21-24-27-32-37-42-47-52-59(5)7-2/h58-60H,6-57H2,1-5H3/t59?,60-/m0/s1. The molecule has 410 valence electrons. The Labute approximate surface area is 431 Å². The zero-order valence-corrected chi connectivity index (χ0v) is 47.5. The molecule has 0 radical (unpaired) electrons. The normalized spacial score (nSPS) is 12.4. The number of hydrogen-bond acceptors (Lipinski definition) is 6. The highest BCUT2D eigenvalue weighted by atomic mass is 16.6. The molecule has 0 amide bonds. The molecule has 2 atom stereocenters. The lowest BCUT2D eigenvalue weighted by atomic mass is 9.99. The van der Waals surface area contributed by atoms with Crippen molar-refractivity contribution < 1.29 is 28.6 Å². The van der Waals surface area contributed by atoms with Crippen LogP contribution in [0.2, 0.25) is 0 Å². The number of unbranched alkanes of at least 4 members (excludes halogenated alkanes) is 41. The van der Waals surface area contributed by atoms with Crippen LogP contribution < -0.4 is 0 Å². The van der Waals surface area contributed by atoms with Crippen molar-refractivity contribution in [2.75, 3.05) is 13.2 Å². The molecule has 0 aliphatic rings. The fraction of sp³-hybridized carbons (Fsp3) is 0.952. The highest BCUT2D eigenvalue weighted by molar-refractivity contribution is 5.71. The van der Waals surface area contributed by atoms with E-state index in [2.05, 4.69) is 34.6 Å². The molecule has 0 spiro atoms. The van der Waals surface area contributed by atoms with Crippen LogP contribution in [0.15, 0.2) is 0 Å². The summed E-state index contributed by atoms with van der Waals surface area (Å²) < 4.78 is 16.9. The highest BCUT2D eigenvalue weighted by Crippen LogP contribution is 2.19. The number of carbonyl (C=O) groups excluding carboxylic acids is 3. The van der Waals surface area contributed by atoms with Crippen molar-refractivity contribution in [3.8, 4) is 0 Å². The summed E-state index contributed by atoms with van der Waals surface area (Å²) in [5.41, 5.74) is 0. The summed E-state index contributed by atoms with van der Waals surface area (Å²) in [5.74, 6) is 0.883. The smallest absolute Gasteiger partial charge is 0.306 e. The van der Waals surface area contributed by atoms with Crippen LogP contribution in [0.5, 0.6) is 0 Å². The van der Waals surface area contributed by atoms with Gasteiger partial charge in [-0.3, -0.25) is 14.4 Å². The molecule has 0 aromatic heterocycles. The topological polar surface area (TPSA) is 78.9 Å². The Hall–Kier alpha value is -1.59. The van der Waals surface area contributed by atoms with Gasteiger partial charge in [0.25, 0.3) is 0 Å². The van der Waals surface area contributed by atoms with E-state index in [-0.39, 0.29) is 31.1 Å². The van der Waals surface area contributed by atoms with Gasteiger partial charge in [0.2, 0.25) is 0 Å². The van der Waals surface area contributed by atoms with E-state index in [0.717, 1.165) is 69.6 Å². The summed E-state index contributed by atoms with van der Waals surface area (Å²) in [4.78, 5) is 38.2. The number of carbonyl (C=O) groups is 3. The zero-order valence-electron chi connectivity index (χ0n) is 47.5. The van der Waals surface area contributed by atoms with E-state index in [1.165, 1.54) is 244 Å². The van der Waals surface area contributed by atoms with Crippen LogP contribution in [0, 0.1) is 11.8 Å². The zero-order chi connectivity index (χ0) is 50.4. The van der Waals surface area contributed by atoms with E-state index in [9.17, 15) is 14.4 Å². The Morgan fingerprint density at radius 2 is 0.551 bits per heavy atom. The molecule has 0 N–H and O–H groups in total. The van der Waals surface area contributed by atoms with Crippen LogP contribution in [-0.2, 0) is 28.6 Å². The average molecular weight is 976 g/mol. The molecule has 6 heteroatoms. The van der Waals surface area contributed by atoms with Gasteiger partial charge in [0, 0.05) is 19.3 Å². The molecule has 6 nitrogen and oxygen atoms in total. The summed E-state index contributed by atoms with van der Waals surface area (Å²) in [7, 11) is 0. The van der Waals surface area contributed by atoms with Crippen LogP contribution in [-0.4, -0.2) is 37.2 Å². The van der Waals surface area contributed by atoms with E-state index in [1.54, 1.807) is 0 Å². The fourth-order valence-corrected chi connectivity index (χ4v) is 9.73. The summed E-state index contributed by atoms with van der Waals surface area (Å²) >= 11 is 0. The molecule has 0 saturated carbocycles. The summed E-state index contributed by atoms with van der Waals surface area (Å²) in [6.45, 7) is 11.5. The minimum atomic E-state index is -0.763. The first-order valence-electron chi connectivity index (χ1n) is 31.3. The molecule has 1 unspecified atom stereocenters. The van der Waals surface area contributed by atoms with E-state index >= 15 is 0 Å². The molecular weight excluding hydrogens is 853 g/mol. The van der Waals surface area contributed by atoms with Crippen molar-refractivity contribution >= 4 is 17.9 Å². The summed E-state index contributed by atoms with van der Waals surface area (Å²) in [5, 5.41) is 0. The third-order valence-corrected chi connectivity index (χ3v) is 14.8. The predicted molar refractivity (Wildman–Crippen MR) is 298 cm³/mol. The van der Waals surface area contributed by atoms with E-state index in [4.69, 9.17) is 14.2 Å². The Bertz CT molecular complexity index is 1060. The van der Waals surface area contributed by atoms with Gasteiger partial charge in [0.15, 0.2) is 6.10 Å². The first-order valence-corrected chi connectivity index (χ1v) is 31.3. The first-order chi connectivity index (χ1) is 33.8. The van der Waals surface area contributed by atoms with Crippen LogP contribution in [0.4, 0.5) is 0 Å². The van der Waals surface area contributed by atoms with Gasteiger partial charge in [0.05, 0.1) is 0 Å². The molecule has 0 aromatic rings. The SMILES string of the molecule is CCCCCCCCCCCCCCCCCCCC(=O)O[C@@H](COC(=O)CCCCCCCCCCCCCCCCCCCCC(C)CC)COC(=O)CCCCCCCCCCCC(C)C. The predicted octanol–water partition coefficient (Wildman–Crippen LogP) is 20.8. The minimum Gasteiger partial charge on any atom is -0.462 e. The molecule has 0 bridgehead atoms. The Morgan fingerprint density at radius 1 is 0.304 bits per heavy atom. The lowest BCUT2D eigenvalue weighted by Gasteiger charge is -2.18. The van der Waals surface area contributed by atoms with Crippen molar-refractivity contribution in [2.24, 2.45) is 11.8 Å². The summed E-state index contributed by atoms with van der Waals surface area (Å²) in [6.07, 6.45) is 61.0. The van der Waals surface area contributed by atoms with Gasteiger partial charge in [-0.1, -0.05) is 317 Å². The van der Waals surface area contributed by atoms with Crippen LogP contribution in [0.1, 0.15) is 356 Å². The second-order valence-electron chi connectivity index (χ2n) is 22.4. The van der Waals surface area contributed by atoms with Gasteiger partial charge in [-0.25, -0.2) is 0 Å². The first kappa shape index (κ1) is 67.4. The Morgan fingerprint density at radius 3 is 0.826 bits per heavy atom. The Balaban J connectivity index is 4.23. The molecule has 0 aliphatic carbocycles. The van der Waals surface area contributed by atoms with Crippen molar-refractivity contribution in [1.82, 2.24) is 0 Å². The Kier molecular flexibility index (Phi) is 54.4. The van der Waals surface area contributed by atoms with Crippen LogP contribution in [0.3, 0.4) is 0 Å². The second kappa shape index (κ2) is 55.7. The molecule has 0 heterocycles. The van der Waals surface area contributed by atoms with Crippen LogP contribution in [0.25, 0.3) is 0 Å². The quantitative estimate of drug-likeness (QED) is 0.0343. The van der Waals surface area contributed by atoms with Gasteiger partial charge in [-0.2, -0.15) is 0 Å². The minimum absolute atomic E-state index is 0.0624. The molecule has 0 saturated heterocycles. The van der Waals surface area contributed by atoms with Crippen molar-refractivity contribution in [3.05, 3.63) is 0 Å². The van der Waals surface area contributed by atoms with E-state index in [1.807, 2.05) is 0 Å². The third kappa shape index (κ3) is 55.6. The van der Waals surface area contributed by atoms with Crippen molar-refractivity contribution in [1.29, 1.82) is 0 Å². The molecule has 69 heavy (non-hydrogen) atoms. The lowest BCUT2D eigenvalue weighted by molar-refractivity contribution is -0.167. The van der Waals surface area contributed by atoms with Gasteiger partial charge < -0.3 is 14.2 Å². The van der Waals surface area contributed by atoms with Crippen molar-refractivity contribution in [3.63, 3.8) is 0 Å². The average Bonchev–Trinajstić information content (AvgIpc) is 3.34. The third-order valence-electron chi connectivity index (χ3n) is 14.8. The summed E-state index contributed by atoms with van der Waals surface area (Å²) in [6, 6.07) is 0. The second-order valence-corrected chi connectivity index (χ2v) is 22.4. The maximum absolute atomic E-state index is 12.9. The fourth-order valence-electron chi connectivity index (χ4n) is 9.73. The molecule has 0 rings (SSSR count). The van der Waals surface area contributed by atoms with Gasteiger partial charge in [-0.05, 0) is 31.1 Å². The number of esters is 3. The number of hydrogen-bond donors (Lipinski definition) is 0. The largest absolute Gasteiger partial charge is 0.462 e. The van der Waals surface area contributed by atoms with E-state index < -0.39 is 6.10 Å². The molecular formula is C63H122O6. The molecule has 0 aliphatic heterocycles. The maximum Gasteiger partial charge on any atom is 0.306 e. The van der Waals surface area contributed by atoms with Gasteiger partial charge >= 0.3 is 17.9 Å². The van der Waals surface area contributed by atoms with Gasteiger partial charge in [-0.15, -0.1) is 0 Å².